The maximum Gasteiger partial charge on any atom is 0.228 e. The molecule has 0 aliphatic carbocycles. The molecule has 1 fully saturated rings. The third-order valence-corrected chi connectivity index (χ3v) is 2.21. The molecule has 0 spiro atoms. The lowest BCUT2D eigenvalue weighted by molar-refractivity contribution is -0.117. The van der Waals surface area contributed by atoms with Crippen molar-refractivity contribution in [2.75, 3.05) is 11.4 Å². The summed E-state index contributed by atoms with van der Waals surface area (Å²) in [7, 11) is 0. The van der Waals surface area contributed by atoms with E-state index < -0.39 is 0 Å². The number of amides is 1. The quantitative estimate of drug-likeness (QED) is 0.655. The summed E-state index contributed by atoms with van der Waals surface area (Å²) in [5, 5.41) is 3.81. The molecular weight excluding hydrogens is 168 g/mol. The molecule has 0 bridgehead atoms. The fourth-order valence-electron chi connectivity index (χ4n) is 1.59. The van der Waals surface area contributed by atoms with Gasteiger partial charge in [0.15, 0.2) is 5.82 Å². The molecule has 1 aliphatic rings. The number of aryl methyl sites for hydroxylation is 1. The van der Waals surface area contributed by atoms with E-state index in [1.54, 1.807) is 11.0 Å². The Morgan fingerprint density at radius 2 is 2.46 bits per heavy atom. The molecule has 0 aromatic carbocycles. The van der Waals surface area contributed by atoms with Gasteiger partial charge in [-0.25, -0.2) is 0 Å². The van der Waals surface area contributed by atoms with Crippen LogP contribution in [0.5, 0.6) is 0 Å². The zero-order chi connectivity index (χ0) is 9.42. The average Bonchev–Trinajstić information content (AvgIpc) is 2.58. The van der Waals surface area contributed by atoms with Crippen molar-refractivity contribution in [1.82, 2.24) is 5.16 Å². The van der Waals surface area contributed by atoms with Crippen molar-refractivity contribution in [2.45, 2.75) is 20.3 Å². The van der Waals surface area contributed by atoms with E-state index in [-0.39, 0.29) is 5.91 Å². The summed E-state index contributed by atoms with van der Waals surface area (Å²) in [6, 6.07) is 1.79. The van der Waals surface area contributed by atoms with E-state index in [4.69, 9.17) is 4.52 Å². The molecule has 1 aliphatic heterocycles. The van der Waals surface area contributed by atoms with Gasteiger partial charge in [0, 0.05) is 19.0 Å². The van der Waals surface area contributed by atoms with Gasteiger partial charge in [0.2, 0.25) is 5.91 Å². The van der Waals surface area contributed by atoms with E-state index in [9.17, 15) is 4.79 Å². The van der Waals surface area contributed by atoms with Crippen molar-refractivity contribution in [3.8, 4) is 0 Å². The third-order valence-electron chi connectivity index (χ3n) is 2.21. The van der Waals surface area contributed by atoms with Crippen LogP contribution >= 0.6 is 0 Å². The second-order valence-electron chi connectivity index (χ2n) is 3.61. The molecule has 1 amide bonds. The molecule has 4 heteroatoms. The summed E-state index contributed by atoms with van der Waals surface area (Å²) < 4.78 is 4.92. The first-order chi connectivity index (χ1) is 6.16. The number of hydrogen-bond donors (Lipinski definition) is 0. The maximum absolute atomic E-state index is 11.4. The number of carbonyl (C=O) groups excluding carboxylic acids is 1. The molecule has 1 atom stereocenters. The summed E-state index contributed by atoms with van der Waals surface area (Å²) in [6.07, 6.45) is 0.617. The number of nitrogens with zero attached hydrogens (tertiary/aromatic N) is 2. The minimum absolute atomic E-state index is 0.140. The highest BCUT2D eigenvalue weighted by Crippen LogP contribution is 2.23. The van der Waals surface area contributed by atoms with Crippen LogP contribution in [0.25, 0.3) is 0 Å². The van der Waals surface area contributed by atoms with E-state index in [1.807, 2.05) is 6.92 Å². The van der Waals surface area contributed by atoms with E-state index in [0.717, 1.165) is 12.3 Å². The first-order valence-electron chi connectivity index (χ1n) is 4.40. The highest BCUT2D eigenvalue weighted by molar-refractivity contribution is 5.94. The van der Waals surface area contributed by atoms with Gasteiger partial charge in [-0.05, 0) is 12.8 Å². The van der Waals surface area contributed by atoms with Crippen LogP contribution in [0.15, 0.2) is 10.6 Å². The van der Waals surface area contributed by atoms with Crippen molar-refractivity contribution < 1.29 is 9.32 Å². The van der Waals surface area contributed by atoms with Gasteiger partial charge in [-0.15, -0.1) is 0 Å². The van der Waals surface area contributed by atoms with Gasteiger partial charge in [-0.3, -0.25) is 9.69 Å². The Morgan fingerprint density at radius 3 is 2.92 bits per heavy atom. The van der Waals surface area contributed by atoms with Crippen LogP contribution in [0.3, 0.4) is 0 Å². The van der Waals surface area contributed by atoms with Crippen LogP contribution in [-0.2, 0) is 4.79 Å². The Kier molecular flexibility index (Phi) is 1.83. The Morgan fingerprint density at radius 1 is 1.69 bits per heavy atom. The highest BCUT2D eigenvalue weighted by Gasteiger charge is 2.29. The molecule has 2 heterocycles. The van der Waals surface area contributed by atoms with Crippen LogP contribution in [0.4, 0.5) is 5.82 Å². The molecule has 1 aromatic heterocycles. The largest absolute Gasteiger partial charge is 0.360 e. The number of anilines is 1. The van der Waals surface area contributed by atoms with Crippen molar-refractivity contribution >= 4 is 11.7 Å². The predicted molar refractivity (Wildman–Crippen MR) is 47.4 cm³/mol. The Hall–Kier alpha value is -1.32. The molecule has 70 valence electrons. The molecule has 0 saturated carbocycles. The minimum atomic E-state index is 0.140. The van der Waals surface area contributed by atoms with E-state index in [1.165, 1.54) is 0 Å². The first-order valence-corrected chi connectivity index (χ1v) is 4.40. The number of carbonyl (C=O) groups is 1. The van der Waals surface area contributed by atoms with Crippen molar-refractivity contribution in [3.05, 3.63) is 11.8 Å². The Labute approximate surface area is 76.5 Å². The second kappa shape index (κ2) is 2.87. The van der Waals surface area contributed by atoms with Gasteiger partial charge in [0.1, 0.15) is 5.76 Å². The summed E-state index contributed by atoms with van der Waals surface area (Å²) in [4.78, 5) is 13.1. The summed E-state index contributed by atoms with van der Waals surface area (Å²) in [6.45, 7) is 4.64. The van der Waals surface area contributed by atoms with Gasteiger partial charge in [0.25, 0.3) is 0 Å². The lowest BCUT2D eigenvalue weighted by Crippen LogP contribution is -2.24. The minimum Gasteiger partial charge on any atom is -0.360 e. The molecule has 1 saturated heterocycles. The topological polar surface area (TPSA) is 46.3 Å². The van der Waals surface area contributed by atoms with Gasteiger partial charge < -0.3 is 4.52 Å². The molecule has 4 nitrogen and oxygen atoms in total. The van der Waals surface area contributed by atoms with E-state index in [2.05, 4.69) is 12.1 Å². The predicted octanol–water partition coefficient (Wildman–Crippen LogP) is 1.36. The third kappa shape index (κ3) is 1.43. The fraction of sp³-hybridized carbons (Fsp3) is 0.556. The molecule has 1 aromatic rings. The number of rotatable bonds is 1. The standard InChI is InChI=1S/C9H12N2O2/c1-6-3-9(12)11(5-6)8-4-7(2)13-10-8/h4,6H,3,5H2,1-2H3. The number of aromatic nitrogens is 1. The lowest BCUT2D eigenvalue weighted by Gasteiger charge is -2.10. The summed E-state index contributed by atoms with van der Waals surface area (Å²) in [5.74, 6) is 1.94. The van der Waals surface area contributed by atoms with Gasteiger partial charge in [0.05, 0.1) is 0 Å². The van der Waals surface area contributed by atoms with Gasteiger partial charge in [-0.1, -0.05) is 12.1 Å². The molecule has 0 N–H and O–H groups in total. The molecule has 1 unspecified atom stereocenters. The maximum atomic E-state index is 11.4. The average molecular weight is 180 g/mol. The Bertz CT molecular complexity index is 332. The smallest absolute Gasteiger partial charge is 0.228 e. The van der Waals surface area contributed by atoms with Crippen molar-refractivity contribution in [1.29, 1.82) is 0 Å². The van der Waals surface area contributed by atoms with Gasteiger partial charge in [-0.2, -0.15) is 0 Å². The highest BCUT2D eigenvalue weighted by atomic mass is 16.5. The van der Waals surface area contributed by atoms with Crippen molar-refractivity contribution in [2.24, 2.45) is 5.92 Å². The fourth-order valence-corrected chi connectivity index (χ4v) is 1.59. The number of hydrogen-bond acceptors (Lipinski definition) is 3. The van der Waals surface area contributed by atoms with Crippen LogP contribution in [-0.4, -0.2) is 17.6 Å². The van der Waals surface area contributed by atoms with Crippen LogP contribution < -0.4 is 4.90 Å². The molecular formula is C9H12N2O2. The first kappa shape index (κ1) is 8.29. The normalized spacial score (nSPS) is 22.8. The summed E-state index contributed by atoms with van der Waals surface area (Å²) in [5.41, 5.74) is 0. The van der Waals surface area contributed by atoms with E-state index >= 15 is 0 Å². The lowest BCUT2D eigenvalue weighted by atomic mass is 10.2. The Balaban J connectivity index is 2.22. The zero-order valence-corrected chi connectivity index (χ0v) is 7.78. The molecule has 0 radical (unpaired) electrons. The second-order valence-corrected chi connectivity index (χ2v) is 3.61. The van der Waals surface area contributed by atoms with Crippen LogP contribution in [0.2, 0.25) is 0 Å². The molecule has 2 rings (SSSR count). The monoisotopic (exact) mass is 180 g/mol. The summed E-state index contributed by atoms with van der Waals surface area (Å²) >= 11 is 0. The zero-order valence-electron chi connectivity index (χ0n) is 7.78. The van der Waals surface area contributed by atoms with Crippen LogP contribution in [0.1, 0.15) is 19.1 Å². The van der Waals surface area contributed by atoms with Crippen LogP contribution in [0, 0.1) is 12.8 Å². The van der Waals surface area contributed by atoms with E-state index in [0.29, 0.717) is 18.2 Å². The van der Waals surface area contributed by atoms with Crippen molar-refractivity contribution in [3.63, 3.8) is 0 Å². The SMILES string of the molecule is Cc1cc(N2CC(C)CC2=O)no1. The molecule has 13 heavy (non-hydrogen) atoms. The van der Waals surface area contributed by atoms with Gasteiger partial charge >= 0.3 is 0 Å².